The van der Waals surface area contributed by atoms with Crippen LogP contribution >= 0.6 is 0 Å². The maximum atomic E-state index is 12.3. The third kappa shape index (κ3) is 57.4. The lowest BCUT2D eigenvalue weighted by Gasteiger charge is -2.15. The molecule has 0 aliphatic carbocycles. The van der Waals surface area contributed by atoms with E-state index in [1.54, 1.807) is 0 Å². The number of hydrogen-bond donors (Lipinski definition) is 1. The zero-order chi connectivity index (χ0) is 50.6. The zero-order valence-corrected chi connectivity index (χ0v) is 46.0. The fourth-order valence-electron chi connectivity index (χ4n) is 8.41. The van der Waals surface area contributed by atoms with Gasteiger partial charge in [0.2, 0.25) is 0 Å². The summed E-state index contributed by atoms with van der Waals surface area (Å²) in [6.07, 6.45) is 85.3. The Labute approximate surface area is 434 Å². The molecule has 70 heavy (non-hydrogen) atoms. The lowest BCUT2D eigenvalue weighted by Crippen LogP contribution is -2.28. The van der Waals surface area contributed by atoms with Crippen LogP contribution in [0.3, 0.4) is 0 Å². The first-order valence-electron chi connectivity index (χ1n) is 29.8. The third-order valence-corrected chi connectivity index (χ3v) is 12.9. The Hall–Kier alpha value is -3.18. The molecule has 0 aliphatic heterocycles. The van der Waals surface area contributed by atoms with Crippen LogP contribution < -0.4 is 0 Å². The number of carbonyl (C=O) groups excluding carboxylic acids is 2. The van der Waals surface area contributed by atoms with Gasteiger partial charge >= 0.3 is 11.9 Å². The van der Waals surface area contributed by atoms with Gasteiger partial charge in [0.25, 0.3) is 0 Å². The van der Waals surface area contributed by atoms with Crippen molar-refractivity contribution in [3.63, 3.8) is 0 Å². The Morgan fingerprint density at radius 3 is 0.929 bits per heavy atom. The smallest absolute Gasteiger partial charge is 0.306 e. The van der Waals surface area contributed by atoms with Gasteiger partial charge < -0.3 is 14.6 Å². The topological polar surface area (TPSA) is 72.8 Å². The molecule has 0 saturated heterocycles. The van der Waals surface area contributed by atoms with Gasteiger partial charge in [0.15, 0.2) is 6.10 Å². The van der Waals surface area contributed by atoms with Crippen molar-refractivity contribution in [2.24, 2.45) is 0 Å². The van der Waals surface area contributed by atoms with Crippen molar-refractivity contribution in [1.82, 2.24) is 0 Å². The van der Waals surface area contributed by atoms with Crippen LogP contribution in [0.15, 0.2) is 97.2 Å². The fourth-order valence-corrected chi connectivity index (χ4v) is 8.41. The van der Waals surface area contributed by atoms with E-state index in [-0.39, 0.29) is 25.2 Å². The highest BCUT2D eigenvalue weighted by Gasteiger charge is 2.16. The van der Waals surface area contributed by atoms with E-state index in [2.05, 4.69) is 111 Å². The van der Waals surface area contributed by atoms with Gasteiger partial charge in [-0.05, 0) is 96.3 Å². The summed E-state index contributed by atoms with van der Waals surface area (Å²) in [6.45, 7) is 4.03. The summed E-state index contributed by atoms with van der Waals surface area (Å²) < 4.78 is 10.7. The van der Waals surface area contributed by atoms with Crippen molar-refractivity contribution in [1.29, 1.82) is 0 Å². The molecule has 0 aliphatic rings. The fraction of sp³-hybridized carbons (Fsp3) is 0.723. The van der Waals surface area contributed by atoms with Crippen LogP contribution in [0.25, 0.3) is 0 Å². The Bertz CT molecular complexity index is 1330. The average Bonchev–Trinajstić information content (AvgIpc) is 3.36. The van der Waals surface area contributed by atoms with Crippen LogP contribution in [0.2, 0.25) is 0 Å². The van der Waals surface area contributed by atoms with Gasteiger partial charge in [-0.2, -0.15) is 0 Å². The summed E-state index contributed by atoms with van der Waals surface area (Å²) in [7, 11) is 0. The number of esters is 2. The highest BCUT2D eigenvalue weighted by molar-refractivity contribution is 5.70. The number of rotatable bonds is 54. The van der Waals surface area contributed by atoms with E-state index >= 15 is 0 Å². The number of allylic oxidation sites excluding steroid dienone is 16. The van der Waals surface area contributed by atoms with E-state index in [1.807, 2.05) is 0 Å². The molecular formula is C65H112O5. The number of hydrogen-bond acceptors (Lipinski definition) is 5. The van der Waals surface area contributed by atoms with Gasteiger partial charge in [-0.1, -0.05) is 272 Å². The van der Waals surface area contributed by atoms with Crippen LogP contribution in [-0.4, -0.2) is 36.4 Å². The highest BCUT2D eigenvalue weighted by Crippen LogP contribution is 2.16. The zero-order valence-electron chi connectivity index (χ0n) is 46.0. The van der Waals surface area contributed by atoms with Crippen molar-refractivity contribution < 1.29 is 24.2 Å². The molecule has 0 aromatic rings. The molecule has 0 fully saturated rings. The van der Waals surface area contributed by atoms with Crippen molar-refractivity contribution in [2.45, 2.75) is 290 Å². The SMILES string of the molecule is CC/C=C\C/C=C\C/C=C\C/C=C\C/C=C\CCCCCCCCCCCCCCCC(=O)OC(CO)COC(=O)CCCCCCCCCCCCCC/C=C\C/C=C\C/C=C\CCCCCCC. The summed E-state index contributed by atoms with van der Waals surface area (Å²) in [6, 6.07) is 0. The number of carbonyl (C=O) groups is 2. The molecule has 0 spiro atoms. The van der Waals surface area contributed by atoms with Gasteiger partial charge in [-0.15, -0.1) is 0 Å². The molecule has 0 bridgehead atoms. The minimum Gasteiger partial charge on any atom is -0.462 e. The highest BCUT2D eigenvalue weighted by atomic mass is 16.6. The molecule has 0 amide bonds. The van der Waals surface area contributed by atoms with Crippen molar-refractivity contribution in [3.8, 4) is 0 Å². The summed E-state index contributed by atoms with van der Waals surface area (Å²) >= 11 is 0. The van der Waals surface area contributed by atoms with Crippen LogP contribution in [0.5, 0.6) is 0 Å². The molecule has 0 aromatic heterocycles. The van der Waals surface area contributed by atoms with E-state index in [9.17, 15) is 14.7 Å². The van der Waals surface area contributed by atoms with Gasteiger partial charge in [0, 0.05) is 12.8 Å². The minimum absolute atomic E-state index is 0.0699. The standard InChI is InChI=1S/C65H112O5/c1-3-5-7-9-11-13-15-17-19-21-23-25-27-29-31-32-34-36-38-40-42-44-46-48-50-52-54-56-58-60-65(68)70-63(61-66)62-69-64(67)59-57-55-53-51-49-47-45-43-41-39-37-35-33-30-28-26-24-22-20-18-16-14-12-10-8-6-4-2/h5,7,11,13,16-19,22-25,28-31,63,66H,3-4,6,8-10,12,14-15,20-21,26-27,32-62H2,1-2H3/b7-5-,13-11-,18-16-,19-17-,24-22-,25-23-,30-28-,31-29-. The molecular weight excluding hydrogens is 861 g/mol. The first-order valence-corrected chi connectivity index (χ1v) is 29.8. The van der Waals surface area contributed by atoms with E-state index in [1.165, 1.54) is 173 Å². The van der Waals surface area contributed by atoms with Crippen LogP contribution in [0.4, 0.5) is 0 Å². The first kappa shape index (κ1) is 66.8. The second-order valence-corrected chi connectivity index (χ2v) is 19.7. The van der Waals surface area contributed by atoms with Crippen LogP contribution in [0, 0.1) is 0 Å². The summed E-state index contributed by atoms with van der Waals surface area (Å²) in [5, 5.41) is 9.67. The molecule has 402 valence electrons. The molecule has 0 heterocycles. The molecule has 0 aromatic carbocycles. The number of unbranched alkanes of at least 4 members (excludes halogenated alkanes) is 30. The Morgan fingerprint density at radius 1 is 0.343 bits per heavy atom. The lowest BCUT2D eigenvalue weighted by molar-refractivity contribution is -0.161. The normalized spacial score (nSPS) is 12.9. The molecule has 5 heteroatoms. The second-order valence-electron chi connectivity index (χ2n) is 19.7. The quantitative estimate of drug-likeness (QED) is 0.0373. The number of ether oxygens (including phenoxy) is 2. The van der Waals surface area contributed by atoms with Gasteiger partial charge in [0.1, 0.15) is 6.61 Å². The molecule has 0 saturated carbocycles. The largest absolute Gasteiger partial charge is 0.462 e. The first-order chi connectivity index (χ1) is 34.6. The van der Waals surface area contributed by atoms with E-state index in [0.29, 0.717) is 12.8 Å². The maximum absolute atomic E-state index is 12.3. The molecule has 0 radical (unpaired) electrons. The summed E-state index contributed by atoms with van der Waals surface area (Å²) in [4.78, 5) is 24.6. The predicted molar refractivity (Wildman–Crippen MR) is 306 cm³/mol. The number of aliphatic hydroxyl groups is 1. The second kappa shape index (κ2) is 60.1. The van der Waals surface area contributed by atoms with Crippen LogP contribution in [0.1, 0.15) is 284 Å². The molecule has 1 atom stereocenters. The molecule has 1 unspecified atom stereocenters. The number of aliphatic hydroxyl groups excluding tert-OH is 1. The van der Waals surface area contributed by atoms with Crippen molar-refractivity contribution in [2.75, 3.05) is 13.2 Å². The third-order valence-electron chi connectivity index (χ3n) is 12.9. The molecule has 1 N–H and O–H groups in total. The maximum Gasteiger partial charge on any atom is 0.306 e. The molecule has 0 rings (SSSR count). The van der Waals surface area contributed by atoms with Crippen molar-refractivity contribution in [3.05, 3.63) is 97.2 Å². The van der Waals surface area contributed by atoms with E-state index in [4.69, 9.17) is 9.47 Å². The Kier molecular flexibility index (Phi) is 57.4. The Morgan fingerprint density at radius 2 is 0.614 bits per heavy atom. The lowest BCUT2D eigenvalue weighted by atomic mass is 10.0. The molecule has 5 nitrogen and oxygen atoms in total. The van der Waals surface area contributed by atoms with Gasteiger partial charge in [-0.3, -0.25) is 9.59 Å². The predicted octanol–water partition coefficient (Wildman–Crippen LogP) is 20.3. The van der Waals surface area contributed by atoms with E-state index in [0.717, 1.165) is 83.5 Å². The summed E-state index contributed by atoms with van der Waals surface area (Å²) in [5.41, 5.74) is 0. The summed E-state index contributed by atoms with van der Waals surface area (Å²) in [5.74, 6) is -0.590. The minimum atomic E-state index is -0.779. The monoisotopic (exact) mass is 973 g/mol. The van der Waals surface area contributed by atoms with Crippen LogP contribution in [-0.2, 0) is 19.1 Å². The Balaban J connectivity index is 3.50. The van der Waals surface area contributed by atoms with Gasteiger partial charge in [0.05, 0.1) is 6.61 Å². The van der Waals surface area contributed by atoms with Crippen molar-refractivity contribution >= 4 is 11.9 Å². The van der Waals surface area contributed by atoms with E-state index < -0.39 is 6.10 Å². The van der Waals surface area contributed by atoms with Gasteiger partial charge in [-0.25, -0.2) is 0 Å². The average molecular weight is 974 g/mol.